The predicted molar refractivity (Wildman–Crippen MR) is 76.0 cm³/mol. The fourth-order valence-electron chi connectivity index (χ4n) is 1.58. The van der Waals surface area contributed by atoms with Crippen molar-refractivity contribution in [2.75, 3.05) is 13.1 Å². The Bertz CT molecular complexity index is 374. The van der Waals surface area contributed by atoms with Gasteiger partial charge in [0.15, 0.2) is 0 Å². The lowest BCUT2D eigenvalue weighted by molar-refractivity contribution is 0.738. The molecule has 1 aliphatic rings. The highest BCUT2D eigenvalue weighted by Crippen LogP contribution is 2.28. The van der Waals surface area contributed by atoms with Crippen LogP contribution < -0.4 is 5.32 Å². The normalized spacial score (nSPS) is 14.9. The zero-order valence-electron chi connectivity index (χ0n) is 9.69. The summed E-state index contributed by atoms with van der Waals surface area (Å²) >= 11 is 9.43. The van der Waals surface area contributed by atoms with Gasteiger partial charge in [0.05, 0.1) is 5.02 Å². The molecule has 0 spiro atoms. The van der Waals surface area contributed by atoms with Crippen molar-refractivity contribution < 1.29 is 0 Å². The van der Waals surface area contributed by atoms with E-state index in [2.05, 4.69) is 33.4 Å². The topological polar surface area (TPSA) is 12.0 Å². The van der Waals surface area contributed by atoms with Crippen molar-refractivity contribution in [3.63, 3.8) is 0 Å². The summed E-state index contributed by atoms with van der Waals surface area (Å²) in [5, 5.41) is 4.07. The smallest absolute Gasteiger partial charge is 0.0554 e. The van der Waals surface area contributed by atoms with E-state index < -0.39 is 0 Å². The Labute approximate surface area is 111 Å². The van der Waals surface area contributed by atoms with Crippen molar-refractivity contribution in [2.24, 2.45) is 0 Å². The van der Waals surface area contributed by atoms with Crippen LogP contribution in [0.15, 0.2) is 28.7 Å². The van der Waals surface area contributed by atoms with Crippen LogP contribution >= 0.6 is 27.5 Å². The molecule has 88 valence electrons. The monoisotopic (exact) mass is 301 g/mol. The summed E-state index contributed by atoms with van der Waals surface area (Å²) in [4.78, 5) is 0. The van der Waals surface area contributed by atoms with Gasteiger partial charge in [0.1, 0.15) is 0 Å². The second-order valence-electron chi connectivity index (χ2n) is 3.31. The molecule has 0 aliphatic carbocycles. The quantitative estimate of drug-likeness (QED) is 0.805. The molecule has 1 nitrogen and oxygen atoms in total. The first-order valence-electron chi connectivity index (χ1n) is 5.62. The van der Waals surface area contributed by atoms with Crippen LogP contribution in [0, 0.1) is 0 Å². The minimum Gasteiger partial charge on any atom is -0.313 e. The molecule has 0 aromatic heterocycles. The van der Waals surface area contributed by atoms with E-state index in [-0.39, 0.29) is 0 Å². The summed E-state index contributed by atoms with van der Waals surface area (Å²) in [6.07, 6.45) is 3.31. The molecule has 1 aromatic rings. The molecule has 1 aliphatic heterocycles. The maximum absolute atomic E-state index is 6.04. The van der Waals surface area contributed by atoms with Gasteiger partial charge in [-0.25, -0.2) is 0 Å². The molecular formula is C13H17BrClN. The fourth-order valence-corrected chi connectivity index (χ4v) is 2.01. The average molecular weight is 303 g/mol. The number of benzene rings is 1. The Morgan fingerprint density at radius 2 is 2.06 bits per heavy atom. The van der Waals surface area contributed by atoms with Gasteiger partial charge >= 0.3 is 0 Å². The van der Waals surface area contributed by atoms with E-state index >= 15 is 0 Å². The van der Waals surface area contributed by atoms with Crippen molar-refractivity contribution in [3.8, 4) is 0 Å². The standard InChI is InChI=1S/C11H11BrClN.C2H6/c12-10-2-1-9(7-11(10)13)8-3-5-14-6-4-8;1-2/h1-3,7,14H,4-6H2;1-2H3. The maximum atomic E-state index is 6.04. The zero-order chi connectivity index (χ0) is 12.0. The Morgan fingerprint density at radius 3 is 2.62 bits per heavy atom. The first kappa shape index (κ1) is 13.8. The third-order valence-corrected chi connectivity index (χ3v) is 3.59. The molecule has 0 atom stereocenters. The fraction of sp³-hybridized carbons (Fsp3) is 0.385. The number of rotatable bonds is 1. The SMILES string of the molecule is CC.Clc1cc(C2=CCNCC2)ccc1Br. The van der Waals surface area contributed by atoms with Crippen LogP contribution in [-0.2, 0) is 0 Å². The Morgan fingerprint density at radius 1 is 1.31 bits per heavy atom. The lowest BCUT2D eigenvalue weighted by Gasteiger charge is -2.14. The summed E-state index contributed by atoms with van der Waals surface area (Å²) in [6, 6.07) is 6.12. The van der Waals surface area contributed by atoms with Crippen LogP contribution in [0.5, 0.6) is 0 Å². The molecule has 0 amide bonds. The van der Waals surface area contributed by atoms with Crippen molar-refractivity contribution in [2.45, 2.75) is 20.3 Å². The van der Waals surface area contributed by atoms with Crippen molar-refractivity contribution in [3.05, 3.63) is 39.3 Å². The number of nitrogens with one attached hydrogen (secondary N) is 1. The van der Waals surface area contributed by atoms with Gasteiger partial charge in [-0.05, 0) is 52.2 Å². The zero-order valence-corrected chi connectivity index (χ0v) is 12.0. The molecule has 0 radical (unpaired) electrons. The molecule has 0 saturated heterocycles. The van der Waals surface area contributed by atoms with Gasteiger partial charge in [0.2, 0.25) is 0 Å². The summed E-state index contributed by atoms with van der Waals surface area (Å²) in [7, 11) is 0. The highest BCUT2D eigenvalue weighted by molar-refractivity contribution is 9.10. The third-order valence-electron chi connectivity index (χ3n) is 2.35. The molecule has 0 fully saturated rings. The van der Waals surface area contributed by atoms with Gasteiger partial charge < -0.3 is 5.32 Å². The molecule has 0 saturated carbocycles. The van der Waals surface area contributed by atoms with Crippen LogP contribution in [0.25, 0.3) is 5.57 Å². The van der Waals surface area contributed by atoms with E-state index in [1.165, 1.54) is 11.1 Å². The molecule has 0 bridgehead atoms. The highest BCUT2D eigenvalue weighted by atomic mass is 79.9. The van der Waals surface area contributed by atoms with E-state index in [1.807, 2.05) is 26.0 Å². The van der Waals surface area contributed by atoms with E-state index in [0.717, 1.165) is 29.0 Å². The van der Waals surface area contributed by atoms with E-state index in [9.17, 15) is 0 Å². The molecule has 16 heavy (non-hydrogen) atoms. The number of hydrogen-bond donors (Lipinski definition) is 1. The number of halogens is 2. The van der Waals surface area contributed by atoms with Crippen LogP contribution in [0.3, 0.4) is 0 Å². The number of hydrogen-bond acceptors (Lipinski definition) is 1. The molecule has 0 unspecified atom stereocenters. The average Bonchev–Trinajstić information content (AvgIpc) is 2.36. The van der Waals surface area contributed by atoms with Gasteiger partial charge in [0, 0.05) is 11.0 Å². The minimum absolute atomic E-state index is 0.780. The first-order chi connectivity index (χ1) is 7.77. The largest absolute Gasteiger partial charge is 0.313 e. The van der Waals surface area contributed by atoms with Crippen LogP contribution in [0.1, 0.15) is 25.8 Å². The lowest BCUT2D eigenvalue weighted by atomic mass is 10.0. The summed E-state index contributed by atoms with van der Waals surface area (Å²) in [5.74, 6) is 0. The summed E-state index contributed by atoms with van der Waals surface area (Å²) < 4.78 is 0.956. The lowest BCUT2D eigenvalue weighted by Crippen LogP contribution is -2.19. The van der Waals surface area contributed by atoms with E-state index in [1.54, 1.807) is 0 Å². The van der Waals surface area contributed by atoms with Gasteiger partial charge in [-0.3, -0.25) is 0 Å². The summed E-state index contributed by atoms with van der Waals surface area (Å²) in [6.45, 7) is 6.02. The molecule has 3 heteroatoms. The Balaban J connectivity index is 0.000000606. The molecule has 1 aromatic carbocycles. The van der Waals surface area contributed by atoms with Gasteiger partial charge in [-0.2, -0.15) is 0 Å². The molecule has 1 N–H and O–H groups in total. The van der Waals surface area contributed by atoms with Crippen molar-refractivity contribution >= 4 is 33.1 Å². The summed E-state index contributed by atoms with van der Waals surface area (Å²) in [5.41, 5.74) is 2.62. The highest BCUT2D eigenvalue weighted by Gasteiger charge is 2.06. The van der Waals surface area contributed by atoms with Crippen LogP contribution in [-0.4, -0.2) is 13.1 Å². The van der Waals surface area contributed by atoms with Crippen LogP contribution in [0.4, 0.5) is 0 Å². The second kappa shape index (κ2) is 7.10. The van der Waals surface area contributed by atoms with Gasteiger partial charge in [-0.15, -0.1) is 0 Å². The molecule has 1 heterocycles. The third kappa shape index (κ3) is 3.62. The van der Waals surface area contributed by atoms with E-state index in [4.69, 9.17) is 11.6 Å². The van der Waals surface area contributed by atoms with E-state index in [0.29, 0.717) is 0 Å². The second-order valence-corrected chi connectivity index (χ2v) is 4.57. The maximum Gasteiger partial charge on any atom is 0.0554 e. The van der Waals surface area contributed by atoms with Crippen molar-refractivity contribution in [1.29, 1.82) is 0 Å². The molecule has 2 rings (SSSR count). The Kier molecular flexibility index (Phi) is 6.10. The minimum atomic E-state index is 0.780. The Hall–Kier alpha value is -0.310. The molecular weight excluding hydrogens is 286 g/mol. The van der Waals surface area contributed by atoms with Crippen LogP contribution in [0.2, 0.25) is 5.02 Å². The van der Waals surface area contributed by atoms with Gasteiger partial charge in [-0.1, -0.05) is 37.6 Å². The predicted octanol–water partition coefficient (Wildman–Crippen LogP) is 4.51. The van der Waals surface area contributed by atoms with Crippen molar-refractivity contribution in [1.82, 2.24) is 5.32 Å². The van der Waals surface area contributed by atoms with Gasteiger partial charge in [0.25, 0.3) is 0 Å². The first-order valence-corrected chi connectivity index (χ1v) is 6.79.